The predicted octanol–water partition coefficient (Wildman–Crippen LogP) is 8.47. The highest BCUT2D eigenvalue weighted by Gasteiger charge is 2.45. The Hall–Kier alpha value is -2.42. The zero-order valence-corrected chi connectivity index (χ0v) is 24.2. The van der Waals surface area contributed by atoms with Crippen molar-refractivity contribution < 1.29 is 4.74 Å². The normalized spacial score (nSPS) is 24.6. The molecule has 202 valence electrons. The number of methoxy groups -OCH3 is 1. The van der Waals surface area contributed by atoms with E-state index in [0.29, 0.717) is 16.7 Å². The number of benzene rings is 1. The Bertz CT molecular complexity index is 1060. The van der Waals surface area contributed by atoms with Crippen LogP contribution >= 0.6 is 0 Å². The molecular weight excluding hydrogens is 452 g/mol. The van der Waals surface area contributed by atoms with Crippen LogP contribution < -0.4 is 15.4 Å². The zero-order valence-electron chi connectivity index (χ0n) is 24.2. The van der Waals surface area contributed by atoms with Gasteiger partial charge in [-0.1, -0.05) is 40.0 Å². The van der Waals surface area contributed by atoms with Crippen molar-refractivity contribution in [3.63, 3.8) is 0 Å². The van der Waals surface area contributed by atoms with Gasteiger partial charge in [0, 0.05) is 29.2 Å². The SMILES string of the molecule is C=CC1(C)CCC(Cc2cc(C(=C)NC3=C(C(=C)NCC4(C(C)C)CC4)CCC3)c(OC)cc2C)CC1. The number of nitrogens with one attached hydrogen (secondary N) is 2. The molecule has 0 spiro atoms. The first-order valence-electron chi connectivity index (χ1n) is 14.5. The molecule has 2 fully saturated rings. The third-order valence-corrected chi connectivity index (χ3v) is 9.89. The lowest BCUT2D eigenvalue weighted by molar-refractivity contribution is 0.221. The third kappa shape index (κ3) is 6.19. The van der Waals surface area contributed by atoms with Gasteiger partial charge in [0.2, 0.25) is 0 Å². The van der Waals surface area contributed by atoms with E-state index in [1.165, 1.54) is 60.9 Å². The van der Waals surface area contributed by atoms with Gasteiger partial charge in [-0.05, 0) is 123 Å². The van der Waals surface area contributed by atoms with E-state index in [1.54, 1.807) is 7.11 Å². The van der Waals surface area contributed by atoms with Crippen LogP contribution in [0.15, 0.2) is 54.9 Å². The molecule has 0 atom stereocenters. The lowest BCUT2D eigenvalue weighted by atomic mass is 9.70. The number of aryl methyl sites for hydroxylation is 1. The minimum Gasteiger partial charge on any atom is -0.496 e. The molecule has 4 rings (SSSR count). The smallest absolute Gasteiger partial charge is 0.128 e. The van der Waals surface area contributed by atoms with Gasteiger partial charge in [0.15, 0.2) is 0 Å². The van der Waals surface area contributed by atoms with Crippen molar-refractivity contribution in [3.05, 3.63) is 71.6 Å². The fraction of sp³-hybridized carbons (Fsp3) is 0.588. The van der Waals surface area contributed by atoms with E-state index in [1.807, 2.05) is 0 Å². The summed E-state index contributed by atoms with van der Waals surface area (Å²) >= 11 is 0. The molecule has 3 nitrogen and oxygen atoms in total. The van der Waals surface area contributed by atoms with Gasteiger partial charge >= 0.3 is 0 Å². The van der Waals surface area contributed by atoms with Crippen LogP contribution in [0.5, 0.6) is 5.75 Å². The first kappa shape index (κ1) is 27.6. The predicted molar refractivity (Wildman–Crippen MR) is 158 cm³/mol. The second-order valence-electron chi connectivity index (χ2n) is 12.7. The van der Waals surface area contributed by atoms with Gasteiger partial charge < -0.3 is 15.4 Å². The Morgan fingerprint density at radius 1 is 1.11 bits per heavy atom. The number of hydrogen-bond acceptors (Lipinski definition) is 3. The van der Waals surface area contributed by atoms with Crippen molar-refractivity contribution in [3.8, 4) is 5.75 Å². The lowest BCUT2D eigenvalue weighted by Crippen LogP contribution is -2.28. The lowest BCUT2D eigenvalue weighted by Gasteiger charge is -2.35. The Morgan fingerprint density at radius 2 is 1.81 bits per heavy atom. The van der Waals surface area contributed by atoms with Crippen LogP contribution in [0.2, 0.25) is 0 Å². The highest BCUT2D eigenvalue weighted by Crippen LogP contribution is 2.51. The largest absolute Gasteiger partial charge is 0.496 e. The molecule has 0 aromatic heterocycles. The van der Waals surface area contributed by atoms with E-state index in [2.05, 4.69) is 76.3 Å². The first-order chi connectivity index (χ1) is 17.6. The van der Waals surface area contributed by atoms with E-state index >= 15 is 0 Å². The molecule has 2 N–H and O–H groups in total. The molecule has 0 unspecified atom stereocenters. The Morgan fingerprint density at radius 3 is 2.41 bits per heavy atom. The molecule has 3 aliphatic rings. The van der Waals surface area contributed by atoms with Gasteiger partial charge in [-0.2, -0.15) is 0 Å². The maximum atomic E-state index is 5.82. The van der Waals surface area contributed by atoms with E-state index in [0.717, 1.165) is 60.9 Å². The van der Waals surface area contributed by atoms with Crippen LogP contribution in [0, 0.1) is 29.6 Å². The fourth-order valence-corrected chi connectivity index (χ4v) is 6.38. The summed E-state index contributed by atoms with van der Waals surface area (Å²) in [5, 5.41) is 7.39. The fourth-order valence-electron chi connectivity index (χ4n) is 6.38. The van der Waals surface area contributed by atoms with E-state index in [-0.39, 0.29) is 0 Å². The highest BCUT2D eigenvalue weighted by atomic mass is 16.5. The van der Waals surface area contributed by atoms with Crippen molar-refractivity contribution in [2.45, 2.75) is 91.9 Å². The molecule has 3 aliphatic carbocycles. The molecule has 1 aromatic carbocycles. The van der Waals surface area contributed by atoms with E-state index in [9.17, 15) is 0 Å². The molecule has 37 heavy (non-hydrogen) atoms. The van der Waals surface area contributed by atoms with Gasteiger partial charge in [0.25, 0.3) is 0 Å². The van der Waals surface area contributed by atoms with Gasteiger partial charge in [-0.15, -0.1) is 6.58 Å². The van der Waals surface area contributed by atoms with Gasteiger partial charge in [-0.25, -0.2) is 0 Å². The topological polar surface area (TPSA) is 33.3 Å². The van der Waals surface area contributed by atoms with Gasteiger partial charge in [0.05, 0.1) is 7.11 Å². The summed E-state index contributed by atoms with van der Waals surface area (Å²) in [5.74, 6) is 2.34. The number of allylic oxidation sites excluding steroid dienone is 3. The van der Waals surface area contributed by atoms with Gasteiger partial charge in [-0.3, -0.25) is 0 Å². The summed E-state index contributed by atoms with van der Waals surface area (Å²) in [5.41, 5.74) is 9.18. The molecule has 0 saturated heterocycles. The van der Waals surface area contributed by atoms with E-state index < -0.39 is 0 Å². The summed E-state index contributed by atoms with van der Waals surface area (Å²) in [6.07, 6.45) is 14.2. The van der Waals surface area contributed by atoms with Crippen LogP contribution in [-0.2, 0) is 6.42 Å². The summed E-state index contributed by atoms with van der Waals surface area (Å²) in [4.78, 5) is 0. The molecule has 3 heteroatoms. The summed E-state index contributed by atoms with van der Waals surface area (Å²) in [6, 6.07) is 4.52. The maximum Gasteiger partial charge on any atom is 0.128 e. The molecule has 0 aliphatic heterocycles. The minimum atomic E-state index is 0.314. The molecule has 0 amide bonds. The van der Waals surface area contributed by atoms with Crippen molar-refractivity contribution in [2.75, 3.05) is 13.7 Å². The molecule has 0 radical (unpaired) electrons. The Balaban J connectivity index is 1.46. The average Bonchev–Trinajstić information content (AvgIpc) is 3.55. The third-order valence-electron chi connectivity index (χ3n) is 9.89. The van der Waals surface area contributed by atoms with Crippen LogP contribution in [0.4, 0.5) is 0 Å². The van der Waals surface area contributed by atoms with Crippen LogP contribution in [0.3, 0.4) is 0 Å². The summed E-state index contributed by atoms with van der Waals surface area (Å²) < 4.78 is 5.82. The monoisotopic (exact) mass is 502 g/mol. The standard InChI is InChI=1S/C34H50N2O/c1-9-33(7)15-13-27(14-16-33)20-28-21-30(32(37-8)19-24(28)4)26(6)36-31-12-10-11-29(31)25(5)35-22-34(17-18-34)23(2)3/h9,19,21,23,27,35-36H,1,5-6,10-18,20,22H2,2-4,7-8H3. The zero-order chi connectivity index (χ0) is 26.8. The molecule has 0 bridgehead atoms. The second kappa shape index (κ2) is 11.1. The Kier molecular flexibility index (Phi) is 8.31. The average molecular weight is 503 g/mol. The van der Waals surface area contributed by atoms with Crippen molar-refractivity contribution >= 4 is 5.70 Å². The summed E-state index contributed by atoms with van der Waals surface area (Å²) in [6.45, 7) is 23.3. The molecular formula is C34H50N2O. The number of rotatable bonds is 12. The van der Waals surface area contributed by atoms with Gasteiger partial charge in [0.1, 0.15) is 5.75 Å². The maximum absolute atomic E-state index is 5.82. The molecule has 1 aromatic rings. The molecule has 0 heterocycles. The number of ether oxygens (including phenoxy) is 1. The van der Waals surface area contributed by atoms with Crippen molar-refractivity contribution in [1.82, 2.24) is 10.6 Å². The van der Waals surface area contributed by atoms with Crippen molar-refractivity contribution in [1.29, 1.82) is 0 Å². The quantitative estimate of drug-likeness (QED) is 0.281. The van der Waals surface area contributed by atoms with Crippen LogP contribution in [-0.4, -0.2) is 13.7 Å². The Labute approximate surface area is 226 Å². The summed E-state index contributed by atoms with van der Waals surface area (Å²) in [7, 11) is 1.76. The van der Waals surface area contributed by atoms with Crippen LogP contribution in [0.25, 0.3) is 5.70 Å². The minimum absolute atomic E-state index is 0.314. The van der Waals surface area contributed by atoms with Crippen LogP contribution in [0.1, 0.15) is 95.2 Å². The van der Waals surface area contributed by atoms with Crippen molar-refractivity contribution in [2.24, 2.45) is 22.7 Å². The molecule has 2 saturated carbocycles. The number of hydrogen-bond donors (Lipinski definition) is 2. The second-order valence-corrected chi connectivity index (χ2v) is 12.7. The van der Waals surface area contributed by atoms with E-state index in [4.69, 9.17) is 4.74 Å². The highest BCUT2D eigenvalue weighted by molar-refractivity contribution is 5.70. The first-order valence-corrected chi connectivity index (χ1v) is 14.5.